The first-order valence-corrected chi connectivity index (χ1v) is 5.84. The normalized spacial score (nSPS) is 26.5. The molecule has 1 rings (SSSR count). The lowest BCUT2D eigenvalue weighted by Gasteiger charge is -2.35. The molecular formula is C11H22N2O2. The van der Waals surface area contributed by atoms with Crippen LogP contribution in [0.2, 0.25) is 0 Å². The van der Waals surface area contributed by atoms with Crippen molar-refractivity contribution in [1.82, 2.24) is 4.90 Å². The second-order valence-corrected chi connectivity index (χ2v) is 4.25. The molecule has 1 fully saturated rings. The van der Waals surface area contributed by atoms with Crippen molar-refractivity contribution in [3.8, 4) is 0 Å². The van der Waals surface area contributed by atoms with Gasteiger partial charge in [0.25, 0.3) is 0 Å². The number of likely N-dealkylation sites (tertiary alicyclic amines) is 1. The number of amides is 1. The first kappa shape index (κ1) is 12.3. The summed E-state index contributed by atoms with van der Waals surface area (Å²) in [5.74, 6) is 0.545. The molecular weight excluding hydrogens is 192 g/mol. The summed E-state index contributed by atoms with van der Waals surface area (Å²) in [6.07, 6.45) is 3.11. The Morgan fingerprint density at radius 3 is 2.80 bits per heavy atom. The molecule has 1 heterocycles. The molecule has 0 bridgehead atoms. The van der Waals surface area contributed by atoms with Gasteiger partial charge >= 0.3 is 6.09 Å². The predicted octanol–water partition coefficient (Wildman–Crippen LogP) is 1.59. The Labute approximate surface area is 91.8 Å². The third-order valence-corrected chi connectivity index (χ3v) is 2.79. The van der Waals surface area contributed by atoms with E-state index in [-0.39, 0.29) is 12.1 Å². The van der Waals surface area contributed by atoms with Crippen molar-refractivity contribution in [1.29, 1.82) is 0 Å². The van der Waals surface area contributed by atoms with E-state index in [9.17, 15) is 4.79 Å². The maximum atomic E-state index is 11.5. The van der Waals surface area contributed by atoms with Crippen molar-refractivity contribution in [3.05, 3.63) is 0 Å². The largest absolute Gasteiger partial charge is 0.450 e. The van der Waals surface area contributed by atoms with Gasteiger partial charge in [-0.1, -0.05) is 13.3 Å². The van der Waals surface area contributed by atoms with Crippen LogP contribution in [0.1, 0.15) is 33.1 Å². The molecule has 1 saturated heterocycles. The molecule has 1 aliphatic heterocycles. The van der Waals surface area contributed by atoms with Crippen LogP contribution in [0.4, 0.5) is 4.79 Å². The van der Waals surface area contributed by atoms with Crippen LogP contribution in [0, 0.1) is 5.92 Å². The number of hydrogen-bond donors (Lipinski definition) is 1. The van der Waals surface area contributed by atoms with E-state index < -0.39 is 0 Å². The standard InChI is InChI=1S/C11H22N2O2/c1-3-5-9-6-10(12)8-13(7-9)11(14)15-4-2/h9-10H,3-8,12H2,1-2H3. The number of hydrogen-bond acceptors (Lipinski definition) is 3. The smallest absolute Gasteiger partial charge is 0.409 e. The maximum Gasteiger partial charge on any atom is 0.409 e. The maximum absolute atomic E-state index is 11.5. The fraction of sp³-hybridized carbons (Fsp3) is 0.909. The Morgan fingerprint density at radius 1 is 1.47 bits per heavy atom. The van der Waals surface area contributed by atoms with Crippen molar-refractivity contribution in [2.75, 3.05) is 19.7 Å². The third-order valence-electron chi connectivity index (χ3n) is 2.79. The van der Waals surface area contributed by atoms with E-state index in [1.165, 1.54) is 0 Å². The van der Waals surface area contributed by atoms with Crippen molar-refractivity contribution < 1.29 is 9.53 Å². The highest BCUT2D eigenvalue weighted by Gasteiger charge is 2.28. The molecule has 2 atom stereocenters. The zero-order valence-electron chi connectivity index (χ0n) is 9.74. The van der Waals surface area contributed by atoms with E-state index in [1.807, 2.05) is 6.92 Å². The molecule has 4 nitrogen and oxygen atoms in total. The van der Waals surface area contributed by atoms with Gasteiger partial charge in [0.05, 0.1) is 6.61 Å². The molecule has 0 spiro atoms. The van der Waals surface area contributed by atoms with E-state index in [0.717, 1.165) is 25.8 Å². The average Bonchev–Trinajstić information content (AvgIpc) is 2.17. The van der Waals surface area contributed by atoms with Gasteiger partial charge in [0.2, 0.25) is 0 Å². The number of nitrogens with zero attached hydrogens (tertiary/aromatic N) is 1. The van der Waals surface area contributed by atoms with Crippen LogP contribution >= 0.6 is 0 Å². The highest BCUT2D eigenvalue weighted by atomic mass is 16.6. The van der Waals surface area contributed by atoms with Gasteiger partial charge in [0, 0.05) is 19.1 Å². The van der Waals surface area contributed by atoms with Gasteiger partial charge in [-0.05, 0) is 25.7 Å². The summed E-state index contributed by atoms with van der Waals surface area (Å²) < 4.78 is 4.99. The van der Waals surface area contributed by atoms with Crippen molar-refractivity contribution >= 4 is 6.09 Å². The predicted molar refractivity (Wildman–Crippen MR) is 59.6 cm³/mol. The first-order valence-electron chi connectivity index (χ1n) is 5.84. The monoisotopic (exact) mass is 214 g/mol. The van der Waals surface area contributed by atoms with Crippen LogP contribution in [-0.2, 0) is 4.74 Å². The molecule has 0 saturated carbocycles. The molecule has 4 heteroatoms. The van der Waals surface area contributed by atoms with E-state index >= 15 is 0 Å². The number of piperidine rings is 1. The summed E-state index contributed by atoms with van der Waals surface area (Å²) in [6, 6.07) is 0.111. The van der Waals surface area contributed by atoms with Gasteiger partial charge in [-0.15, -0.1) is 0 Å². The third kappa shape index (κ3) is 3.70. The molecule has 0 radical (unpaired) electrons. The Bertz CT molecular complexity index is 209. The summed E-state index contributed by atoms with van der Waals surface area (Å²) in [5, 5.41) is 0. The molecule has 2 N–H and O–H groups in total. The van der Waals surface area contributed by atoms with Gasteiger partial charge in [0.15, 0.2) is 0 Å². The van der Waals surface area contributed by atoms with Crippen LogP contribution in [0.5, 0.6) is 0 Å². The molecule has 15 heavy (non-hydrogen) atoms. The minimum absolute atomic E-state index is 0.111. The summed E-state index contributed by atoms with van der Waals surface area (Å²) in [5.41, 5.74) is 5.93. The lowest BCUT2D eigenvalue weighted by atomic mass is 9.91. The lowest BCUT2D eigenvalue weighted by Crippen LogP contribution is -2.49. The number of carbonyl (C=O) groups is 1. The number of carbonyl (C=O) groups excluding carboxylic acids is 1. The second kappa shape index (κ2) is 5.95. The van der Waals surface area contributed by atoms with Gasteiger partial charge in [-0.3, -0.25) is 0 Å². The van der Waals surface area contributed by atoms with Gasteiger partial charge < -0.3 is 15.4 Å². The molecule has 1 amide bonds. The highest BCUT2D eigenvalue weighted by molar-refractivity contribution is 5.67. The summed E-state index contributed by atoms with van der Waals surface area (Å²) in [7, 11) is 0. The Kier molecular flexibility index (Phi) is 4.88. The number of nitrogens with two attached hydrogens (primary N) is 1. The lowest BCUT2D eigenvalue weighted by molar-refractivity contribution is 0.0819. The molecule has 88 valence electrons. The zero-order chi connectivity index (χ0) is 11.3. The van der Waals surface area contributed by atoms with Crippen molar-refractivity contribution in [2.45, 2.75) is 39.2 Å². The molecule has 0 aliphatic carbocycles. The highest BCUT2D eigenvalue weighted by Crippen LogP contribution is 2.20. The minimum Gasteiger partial charge on any atom is -0.450 e. The molecule has 0 aromatic carbocycles. The van der Waals surface area contributed by atoms with Crippen molar-refractivity contribution in [3.63, 3.8) is 0 Å². The first-order chi connectivity index (χ1) is 7.17. The molecule has 0 aromatic heterocycles. The summed E-state index contributed by atoms with van der Waals surface area (Å²) >= 11 is 0. The quantitative estimate of drug-likeness (QED) is 0.776. The van der Waals surface area contributed by atoms with Crippen molar-refractivity contribution in [2.24, 2.45) is 11.7 Å². The van der Waals surface area contributed by atoms with Gasteiger partial charge in [-0.2, -0.15) is 0 Å². The minimum atomic E-state index is -0.214. The Balaban J connectivity index is 2.47. The van der Waals surface area contributed by atoms with Crippen LogP contribution in [0.15, 0.2) is 0 Å². The molecule has 1 aliphatic rings. The SMILES string of the molecule is CCCC1CC(N)CN(C(=O)OCC)C1. The average molecular weight is 214 g/mol. The molecule has 2 unspecified atom stereocenters. The number of ether oxygens (including phenoxy) is 1. The fourth-order valence-electron chi connectivity index (χ4n) is 2.23. The summed E-state index contributed by atoms with van der Waals surface area (Å²) in [6.45, 7) is 5.86. The van der Waals surface area contributed by atoms with Crippen LogP contribution < -0.4 is 5.73 Å². The zero-order valence-corrected chi connectivity index (χ0v) is 9.74. The van der Waals surface area contributed by atoms with E-state index in [4.69, 9.17) is 10.5 Å². The topological polar surface area (TPSA) is 55.6 Å². The number of rotatable bonds is 3. The fourth-order valence-corrected chi connectivity index (χ4v) is 2.23. The van der Waals surface area contributed by atoms with Gasteiger partial charge in [0.1, 0.15) is 0 Å². The Morgan fingerprint density at radius 2 is 2.20 bits per heavy atom. The van der Waals surface area contributed by atoms with Crippen LogP contribution in [0.25, 0.3) is 0 Å². The van der Waals surface area contributed by atoms with E-state index in [2.05, 4.69) is 6.92 Å². The van der Waals surface area contributed by atoms with Crippen LogP contribution in [-0.4, -0.2) is 36.7 Å². The van der Waals surface area contributed by atoms with E-state index in [0.29, 0.717) is 19.1 Å². The van der Waals surface area contributed by atoms with E-state index in [1.54, 1.807) is 4.90 Å². The second-order valence-electron chi connectivity index (χ2n) is 4.25. The Hall–Kier alpha value is -0.770. The molecule has 0 aromatic rings. The summed E-state index contributed by atoms with van der Waals surface area (Å²) in [4.78, 5) is 13.3. The van der Waals surface area contributed by atoms with Crippen LogP contribution in [0.3, 0.4) is 0 Å². The van der Waals surface area contributed by atoms with Gasteiger partial charge in [-0.25, -0.2) is 4.79 Å².